The molecule has 0 amide bonds. The van der Waals surface area contributed by atoms with Gasteiger partial charge in [-0.25, -0.2) is 0 Å². The fourth-order valence-corrected chi connectivity index (χ4v) is 2.79. The number of alkyl halides is 3. The third kappa shape index (κ3) is 5.00. The van der Waals surface area contributed by atoms with E-state index < -0.39 is 3.79 Å². The fourth-order valence-electron chi connectivity index (χ4n) is 2.18. The number of halogens is 3. The Morgan fingerprint density at radius 3 is 2.00 bits per heavy atom. The van der Waals surface area contributed by atoms with E-state index in [0.29, 0.717) is 0 Å². The summed E-state index contributed by atoms with van der Waals surface area (Å²) in [5, 5.41) is 3.29. The van der Waals surface area contributed by atoms with Crippen molar-refractivity contribution in [1.82, 2.24) is 5.32 Å². The maximum atomic E-state index is 6.08. The molecule has 0 spiro atoms. The molecule has 0 aliphatic heterocycles. The second-order valence-electron chi connectivity index (χ2n) is 4.69. The summed E-state index contributed by atoms with van der Waals surface area (Å²) in [5.41, 5.74) is 2.19. The predicted molar refractivity (Wildman–Crippen MR) is 91.3 cm³/mol. The molecule has 0 radical (unpaired) electrons. The van der Waals surface area contributed by atoms with E-state index in [0.717, 1.165) is 31.6 Å². The highest BCUT2D eigenvalue weighted by Gasteiger charge is 2.33. The molecule has 0 unspecified atom stereocenters. The summed E-state index contributed by atoms with van der Waals surface area (Å²) in [5.74, 6) is 0. The zero-order valence-corrected chi connectivity index (χ0v) is 14.6. The first kappa shape index (κ1) is 17.9. The van der Waals surface area contributed by atoms with E-state index in [1.807, 2.05) is 12.1 Å². The van der Waals surface area contributed by atoms with E-state index in [1.165, 1.54) is 5.69 Å². The number of anilines is 1. The van der Waals surface area contributed by atoms with Crippen LogP contribution < -0.4 is 10.2 Å². The van der Waals surface area contributed by atoms with E-state index >= 15 is 0 Å². The van der Waals surface area contributed by atoms with Crippen LogP contribution in [0.4, 0.5) is 5.69 Å². The lowest BCUT2D eigenvalue weighted by atomic mass is 10.1. The molecular formula is C15H23Cl3N2. The average molecular weight is 338 g/mol. The zero-order valence-electron chi connectivity index (χ0n) is 12.3. The van der Waals surface area contributed by atoms with Crippen LogP contribution in [0.15, 0.2) is 24.3 Å². The first-order valence-corrected chi connectivity index (χ1v) is 8.22. The second-order valence-corrected chi connectivity index (χ2v) is 7.06. The lowest BCUT2D eigenvalue weighted by molar-refractivity contribution is 0.539. The van der Waals surface area contributed by atoms with Crippen LogP contribution in [0.3, 0.4) is 0 Å². The van der Waals surface area contributed by atoms with Crippen molar-refractivity contribution in [3.05, 3.63) is 29.8 Å². The Bertz CT molecular complexity index is 383. The summed E-state index contributed by atoms with van der Waals surface area (Å²) in [6, 6.07) is 7.93. The van der Waals surface area contributed by atoms with Crippen molar-refractivity contribution >= 4 is 40.5 Å². The molecule has 0 bridgehead atoms. The number of nitrogens with zero attached hydrogens (tertiary/aromatic N) is 1. The monoisotopic (exact) mass is 336 g/mol. The molecule has 114 valence electrons. The number of hydrogen-bond donors (Lipinski definition) is 1. The number of rotatable bonds is 7. The van der Waals surface area contributed by atoms with Gasteiger partial charge in [-0.1, -0.05) is 53.9 Å². The Balaban J connectivity index is 2.93. The molecule has 0 saturated carbocycles. The standard InChI is InChI=1S/C15H23Cl3N2/c1-4-11-19-14(15(16,17)18)12-7-9-13(10-8-12)20(5-2)6-3/h7-10,14,19H,4-6,11H2,1-3H3/t14-/m1/s1. The number of nitrogens with one attached hydrogen (secondary N) is 1. The lowest BCUT2D eigenvalue weighted by Gasteiger charge is -2.27. The van der Waals surface area contributed by atoms with Crippen molar-refractivity contribution in [2.75, 3.05) is 24.5 Å². The first-order valence-electron chi connectivity index (χ1n) is 7.09. The van der Waals surface area contributed by atoms with Gasteiger partial charge in [0.2, 0.25) is 3.79 Å². The third-order valence-electron chi connectivity index (χ3n) is 3.28. The molecule has 1 atom stereocenters. The van der Waals surface area contributed by atoms with Crippen molar-refractivity contribution in [2.45, 2.75) is 37.0 Å². The van der Waals surface area contributed by atoms with Crippen LogP contribution in [0.25, 0.3) is 0 Å². The van der Waals surface area contributed by atoms with E-state index in [9.17, 15) is 0 Å². The second kappa shape index (κ2) is 8.33. The minimum Gasteiger partial charge on any atom is -0.372 e. The molecule has 1 aromatic rings. The molecule has 0 heterocycles. The maximum Gasteiger partial charge on any atom is 0.209 e. The summed E-state index contributed by atoms with van der Waals surface area (Å²) in [6.45, 7) is 9.16. The average Bonchev–Trinajstić information content (AvgIpc) is 2.40. The molecule has 0 fully saturated rings. The maximum absolute atomic E-state index is 6.08. The molecule has 0 aromatic heterocycles. The molecule has 20 heavy (non-hydrogen) atoms. The summed E-state index contributed by atoms with van der Waals surface area (Å²) in [4.78, 5) is 2.29. The summed E-state index contributed by atoms with van der Waals surface area (Å²) in [7, 11) is 0. The van der Waals surface area contributed by atoms with E-state index in [4.69, 9.17) is 34.8 Å². The highest BCUT2D eigenvalue weighted by Crippen LogP contribution is 2.40. The van der Waals surface area contributed by atoms with Gasteiger partial charge in [0.1, 0.15) is 0 Å². The minimum absolute atomic E-state index is 0.293. The first-order chi connectivity index (χ1) is 9.43. The third-order valence-corrected chi connectivity index (χ3v) is 3.94. The Hall–Kier alpha value is -0.150. The van der Waals surface area contributed by atoms with Crippen LogP contribution in [-0.4, -0.2) is 23.4 Å². The largest absolute Gasteiger partial charge is 0.372 e. The fraction of sp³-hybridized carbons (Fsp3) is 0.600. The molecule has 5 heteroatoms. The van der Waals surface area contributed by atoms with Crippen LogP contribution in [0, 0.1) is 0 Å². The van der Waals surface area contributed by atoms with Gasteiger partial charge in [0.05, 0.1) is 6.04 Å². The van der Waals surface area contributed by atoms with Crippen molar-refractivity contribution in [3.63, 3.8) is 0 Å². The normalized spacial score (nSPS) is 13.3. The Morgan fingerprint density at radius 1 is 1.05 bits per heavy atom. The number of hydrogen-bond acceptors (Lipinski definition) is 2. The minimum atomic E-state index is -1.36. The van der Waals surface area contributed by atoms with Gasteiger partial charge in [0, 0.05) is 18.8 Å². The molecule has 0 aliphatic rings. The predicted octanol–water partition coefficient (Wildman–Crippen LogP) is 4.94. The van der Waals surface area contributed by atoms with Gasteiger partial charge in [-0.2, -0.15) is 0 Å². The van der Waals surface area contributed by atoms with Crippen LogP contribution >= 0.6 is 34.8 Å². The Labute approximate surface area is 137 Å². The molecular weight excluding hydrogens is 315 g/mol. The van der Waals surface area contributed by atoms with Crippen molar-refractivity contribution in [2.24, 2.45) is 0 Å². The van der Waals surface area contributed by atoms with Crippen molar-refractivity contribution in [1.29, 1.82) is 0 Å². The topological polar surface area (TPSA) is 15.3 Å². The summed E-state index contributed by atoms with van der Waals surface area (Å²) < 4.78 is -1.36. The van der Waals surface area contributed by atoms with Gasteiger partial charge >= 0.3 is 0 Å². The molecule has 0 aliphatic carbocycles. The molecule has 1 rings (SSSR count). The summed E-state index contributed by atoms with van der Waals surface area (Å²) >= 11 is 18.3. The highest BCUT2D eigenvalue weighted by atomic mass is 35.6. The van der Waals surface area contributed by atoms with Gasteiger partial charge in [0.25, 0.3) is 0 Å². The van der Waals surface area contributed by atoms with Gasteiger partial charge < -0.3 is 10.2 Å². The van der Waals surface area contributed by atoms with Crippen LogP contribution in [0.2, 0.25) is 0 Å². The van der Waals surface area contributed by atoms with Gasteiger partial charge in [-0.05, 0) is 44.5 Å². The Morgan fingerprint density at radius 2 is 1.60 bits per heavy atom. The van der Waals surface area contributed by atoms with Gasteiger partial charge in [0.15, 0.2) is 0 Å². The van der Waals surface area contributed by atoms with E-state index in [2.05, 4.69) is 43.1 Å². The molecule has 1 aromatic carbocycles. The molecule has 0 saturated heterocycles. The van der Waals surface area contributed by atoms with E-state index in [-0.39, 0.29) is 6.04 Å². The van der Waals surface area contributed by atoms with Crippen LogP contribution in [0.5, 0.6) is 0 Å². The highest BCUT2D eigenvalue weighted by molar-refractivity contribution is 6.68. The van der Waals surface area contributed by atoms with Crippen LogP contribution in [-0.2, 0) is 0 Å². The molecule has 2 nitrogen and oxygen atoms in total. The van der Waals surface area contributed by atoms with Crippen molar-refractivity contribution in [3.8, 4) is 0 Å². The van der Waals surface area contributed by atoms with Gasteiger partial charge in [-0.15, -0.1) is 0 Å². The van der Waals surface area contributed by atoms with E-state index in [1.54, 1.807) is 0 Å². The lowest BCUT2D eigenvalue weighted by Crippen LogP contribution is -2.32. The SMILES string of the molecule is CCCN[C@H](c1ccc(N(CC)CC)cc1)C(Cl)(Cl)Cl. The zero-order chi connectivity index (χ0) is 15.2. The van der Waals surface area contributed by atoms with Gasteiger partial charge in [-0.3, -0.25) is 0 Å². The smallest absolute Gasteiger partial charge is 0.209 e. The summed E-state index contributed by atoms with van der Waals surface area (Å²) in [6.07, 6.45) is 0.995. The Kier molecular flexibility index (Phi) is 7.46. The van der Waals surface area contributed by atoms with Crippen molar-refractivity contribution < 1.29 is 0 Å². The quantitative estimate of drug-likeness (QED) is 0.709. The molecule has 1 N–H and O–H groups in total. The van der Waals surface area contributed by atoms with Crippen LogP contribution in [0.1, 0.15) is 38.8 Å². The number of benzene rings is 1.